The van der Waals surface area contributed by atoms with Gasteiger partial charge in [0.05, 0.1) is 6.04 Å². The number of aldehydes is 1. The van der Waals surface area contributed by atoms with Gasteiger partial charge in [-0.25, -0.2) is 0 Å². The van der Waals surface area contributed by atoms with Crippen molar-refractivity contribution in [3.8, 4) is 5.75 Å². The van der Waals surface area contributed by atoms with Gasteiger partial charge in [-0.05, 0) is 44.9 Å². The largest absolute Gasteiger partial charge is 0.485 e. The van der Waals surface area contributed by atoms with Crippen molar-refractivity contribution >= 4 is 12.2 Å². The average molecular weight is 303 g/mol. The fourth-order valence-corrected chi connectivity index (χ4v) is 3.32. The molecule has 2 heterocycles. The summed E-state index contributed by atoms with van der Waals surface area (Å²) < 4.78 is 5.88. The maximum absolute atomic E-state index is 12.3. The van der Waals surface area contributed by atoms with Crippen LogP contribution in [-0.2, 0) is 4.79 Å². The number of nitrogens with zero attached hydrogens (tertiary/aromatic N) is 1. The van der Waals surface area contributed by atoms with E-state index in [4.69, 9.17) is 4.74 Å². The van der Waals surface area contributed by atoms with Gasteiger partial charge in [0, 0.05) is 24.1 Å². The van der Waals surface area contributed by atoms with E-state index >= 15 is 0 Å². The van der Waals surface area contributed by atoms with Gasteiger partial charge in [-0.2, -0.15) is 0 Å². The Kier molecular flexibility index (Phi) is 3.68. The molecule has 3 rings (SSSR count). The van der Waals surface area contributed by atoms with E-state index in [0.717, 1.165) is 19.1 Å². The fourth-order valence-electron chi connectivity index (χ4n) is 3.32. The van der Waals surface area contributed by atoms with Crippen LogP contribution < -0.4 is 4.74 Å². The number of carbonyl (C=O) groups excluding carboxylic acids is 2. The molecule has 1 fully saturated rings. The van der Waals surface area contributed by atoms with Crippen LogP contribution in [0.1, 0.15) is 55.1 Å². The molecule has 1 aromatic carbocycles. The van der Waals surface area contributed by atoms with Crippen molar-refractivity contribution in [2.24, 2.45) is 0 Å². The summed E-state index contributed by atoms with van der Waals surface area (Å²) in [5.74, 6) is 0.680. The van der Waals surface area contributed by atoms with Crippen LogP contribution in [0.3, 0.4) is 0 Å². The van der Waals surface area contributed by atoms with Crippen LogP contribution in [0.4, 0.5) is 0 Å². The number of hydrogen-bond donors (Lipinski definition) is 1. The highest BCUT2D eigenvalue weighted by Gasteiger charge is 2.46. The minimum Gasteiger partial charge on any atom is -0.485 e. The standard InChI is InChI=1S/C17H21NO4/c1-17(2)16(21)15(18-8-4-3-5-14(18)20)12-9-11(10-19)6-7-13(12)22-17/h6-7,9-10,15-16,21H,3-5,8H2,1-2H3. The highest BCUT2D eigenvalue weighted by molar-refractivity contribution is 5.79. The fraction of sp³-hybridized carbons (Fsp3) is 0.529. The minimum atomic E-state index is -0.844. The number of aliphatic hydroxyl groups is 1. The lowest BCUT2D eigenvalue weighted by Crippen LogP contribution is -2.55. The lowest BCUT2D eigenvalue weighted by Gasteiger charge is -2.47. The molecular weight excluding hydrogens is 282 g/mol. The molecule has 0 radical (unpaired) electrons. The van der Waals surface area contributed by atoms with Gasteiger partial charge in [0.2, 0.25) is 5.91 Å². The van der Waals surface area contributed by atoms with Gasteiger partial charge in [0.15, 0.2) is 0 Å². The molecule has 0 saturated carbocycles. The molecule has 22 heavy (non-hydrogen) atoms. The second-order valence-corrected chi connectivity index (χ2v) is 6.55. The second kappa shape index (κ2) is 5.39. The van der Waals surface area contributed by atoms with Gasteiger partial charge in [0.1, 0.15) is 23.7 Å². The monoisotopic (exact) mass is 303 g/mol. The van der Waals surface area contributed by atoms with Gasteiger partial charge in [-0.3, -0.25) is 9.59 Å². The van der Waals surface area contributed by atoms with Crippen molar-refractivity contribution in [2.75, 3.05) is 6.54 Å². The number of benzene rings is 1. The molecule has 2 aliphatic heterocycles. The molecule has 2 unspecified atom stereocenters. The smallest absolute Gasteiger partial charge is 0.223 e. The van der Waals surface area contributed by atoms with Crippen LogP contribution in [0, 0.1) is 0 Å². The molecule has 118 valence electrons. The zero-order valence-corrected chi connectivity index (χ0v) is 12.9. The van der Waals surface area contributed by atoms with Crippen LogP contribution in [0.2, 0.25) is 0 Å². The Morgan fingerprint density at radius 1 is 1.36 bits per heavy atom. The third kappa shape index (κ3) is 2.39. The Labute approximate surface area is 129 Å². The highest BCUT2D eigenvalue weighted by Crippen LogP contribution is 2.44. The van der Waals surface area contributed by atoms with E-state index in [-0.39, 0.29) is 5.91 Å². The van der Waals surface area contributed by atoms with E-state index in [0.29, 0.717) is 29.8 Å². The first-order valence-corrected chi connectivity index (χ1v) is 7.70. The molecule has 1 N–H and O–H groups in total. The Hall–Kier alpha value is -1.88. The molecule has 1 amide bonds. The number of aliphatic hydroxyl groups excluding tert-OH is 1. The van der Waals surface area contributed by atoms with Crippen molar-refractivity contribution in [1.82, 2.24) is 4.90 Å². The van der Waals surface area contributed by atoms with Gasteiger partial charge >= 0.3 is 0 Å². The SMILES string of the molecule is CC1(C)Oc2ccc(C=O)cc2C(N2CCCCC2=O)C1O. The second-order valence-electron chi connectivity index (χ2n) is 6.55. The minimum absolute atomic E-state index is 0.0513. The summed E-state index contributed by atoms with van der Waals surface area (Å²) in [6.45, 7) is 4.26. The number of likely N-dealkylation sites (tertiary alicyclic amines) is 1. The topological polar surface area (TPSA) is 66.8 Å². The molecule has 0 aromatic heterocycles. The van der Waals surface area contributed by atoms with Crippen LogP contribution in [0.5, 0.6) is 5.75 Å². The van der Waals surface area contributed by atoms with E-state index in [2.05, 4.69) is 0 Å². The van der Waals surface area contributed by atoms with Crippen molar-refractivity contribution < 1.29 is 19.4 Å². The van der Waals surface area contributed by atoms with Gasteiger partial charge in [-0.1, -0.05) is 0 Å². The van der Waals surface area contributed by atoms with Crippen LogP contribution >= 0.6 is 0 Å². The zero-order chi connectivity index (χ0) is 15.9. The first-order chi connectivity index (χ1) is 10.4. The van der Waals surface area contributed by atoms with Crippen molar-refractivity contribution in [1.29, 1.82) is 0 Å². The number of rotatable bonds is 2. The average Bonchev–Trinajstić information content (AvgIpc) is 2.49. The Bertz CT molecular complexity index is 611. The quantitative estimate of drug-likeness (QED) is 0.850. The van der Waals surface area contributed by atoms with E-state index < -0.39 is 17.7 Å². The Balaban J connectivity index is 2.10. The molecule has 2 aliphatic rings. The summed E-state index contributed by atoms with van der Waals surface area (Å²) in [7, 11) is 0. The lowest BCUT2D eigenvalue weighted by molar-refractivity contribution is -0.147. The maximum Gasteiger partial charge on any atom is 0.223 e. The summed E-state index contributed by atoms with van der Waals surface area (Å²) in [5, 5.41) is 10.8. The molecular formula is C17H21NO4. The van der Waals surface area contributed by atoms with Crippen molar-refractivity contribution in [3.05, 3.63) is 29.3 Å². The van der Waals surface area contributed by atoms with Gasteiger partial charge < -0.3 is 14.7 Å². The molecule has 5 nitrogen and oxygen atoms in total. The summed E-state index contributed by atoms with van der Waals surface area (Å²) in [5.41, 5.74) is 0.438. The maximum atomic E-state index is 12.3. The predicted octanol–water partition coefficient (Wildman–Crippen LogP) is 2.08. The number of hydrogen-bond acceptors (Lipinski definition) is 4. The molecule has 5 heteroatoms. The van der Waals surface area contributed by atoms with Crippen LogP contribution in [0.25, 0.3) is 0 Å². The molecule has 0 spiro atoms. The van der Waals surface area contributed by atoms with Crippen LogP contribution in [-0.4, -0.2) is 40.4 Å². The van der Waals surface area contributed by atoms with E-state index in [1.807, 2.05) is 13.8 Å². The van der Waals surface area contributed by atoms with E-state index in [1.54, 1.807) is 23.1 Å². The first-order valence-electron chi connectivity index (χ1n) is 7.70. The van der Waals surface area contributed by atoms with E-state index in [9.17, 15) is 14.7 Å². The molecule has 1 saturated heterocycles. The van der Waals surface area contributed by atoms with Crippen molar-refractivity contribution in [3.63, 3.8) is 0 Å². The normalized spacial score (nSPS) is 27.0. The number of fused-ring (bicyclic) bond motifs is 1. The number of ether oxygens (including phenoxy) is 1. The number of amides is 1. The Morgan fingerprint density at radius 3 is 2.82 bits per heavy atom. The third-order valence-electron chi connectivity index (χ3n) is 4.57. The summed E-state index contributed by atoms with van der Waals surface area (Å²) in [6.07, 6.45) is 2.25. The number of piperidine rings is 1. The highest BCUT2D eigenvalue weighted by atomic mass is 16.5. The van der Waals surface area contributed by atoms with Crippen LogP contribution in [0.15, 0.2) is 18.2 Å². The zero-order valence-electron chi connectivity index (χ0n) is 12.9. The number of carbonyl (C=O) groups is 2. The molecule has 2 atom stereocenters. The van der Waals surface area contributed by atoms with Gasteiger partial charge in [0.25, 0.3) is 0 Å². The summed E-state index contributed by atoms with van der Waals surface area (Å²) in [4.78, 5) is 25.1. The van der Waals surface area contributed by atoms with E-state index in [1.165, 1.54) is 0 Å². The summed E-state index contributed by atoms with van der Waals surface area (Å²) in [6, 6.07) is 4.68. The van der Waals surface area contributed by atoms with Crippen molar-refractivity contribution in [2.45, 2.75) is 50.9 Å². The third-order valence-corrected chi connectivity index (χ3v) is 4.57. The summed E-state index contributed by atoms with van der Waals surface area (Å²) >= 11 is 0. The van der Waals surface area contributed by atoms with Gasteiger partial charge in [-0.15, -0.1) is 0 Å². The first kappa shape index (κ1) is 15.0. The molecule has 0 aliphatic carbocycles. The predicted molar refractivity (Wildman–Crippen MR) is 80.8 cm³/mol. The lowest BCUT2D eigenvalue weighted by atomic mass is 9.84. The Morgan fingerprint density at radius 2 is 2.14 bits per heavy atom. The molecule has 1 aromatic rings. The molecule has 0 bridgehead atoms.